The van der Waals surface area contributed by atoms with Crippen LogP contribution >= 0.6 is 0 Å². The molecular weight excluding hydrogens is 458 g/mol. The lowest BCUT2D eigenvalue weighted by Crippen LogP contribution is -2.48. The van der Waals surface area contributed by atoms with Crippen LogP contribution in [0.5, 0.6) is 5.75 Å². The molecule has 4 saturated carbocycles. The fraction of sp³-hybridized carbons (Fsp3) is 0.394. The average molecular weight is 494 g/mol. The maximum absolute atomic E-state index is 11.6. The van der Waals surface area contributed by atoms with Crippen molar-refractivity contribution in [2.75, 3.05) is 6.61 Å². The van der Waals surface area contributed by atoms with E-state index in [1.54, 1.807) is 13.0 Å². The highest BCUT2D eigenvalue weighted by Crippen LogP contribution is 2.62. The molecule has 190 valence electrons. The van der Waals surface area contributed by atoms with Crippen LogP contribution in [0.2, 0.25) is 0 Å². The monoisotopic (exact) mass is 493 g/mol. The van der Waals surface area contributed by atoms with Crippen LogP contribution < -0.4 is 4.74 Å². The molecular formula is C33H35NO3. The number of rotatable bonds is 8. The first-order valence-corrected chi connectivity index (χ1v) is 13.7. The smallest absolute Gasteiger partial charge is 0.330 e. The second kappa shape index (κ2) is 10.2. The van der Waals surface area contributed by atoms with Crippen LogP contribution in [0.15, 0.2) is 72.9 Å². The van der Waals surface area contributed by atoms with Gasteiger partial charge in [0.15, 0.2) is 0 Å². The van der Waals surface area contributed by atoms with Crippen molar-refractivity contribution in [2.45, 2.75) is 57.5 Å². The van der Waals surface area contributed by atoms with E-state index in [0.29, 0.717) is 13.2 Å². The third-order valence-electron chi connectivity index (χ3n) is 8.61. The minimum atomic E-state index is -0.335. The van der Waals surface area contributed by atoms with Crippen LogP contribution in [0.1, 0.15) is 62.1 Å². The predicted octanol–water partition coefficient (Wildman–Crippen LogP) is 7.37. The molecule has 0 atom stereocenters. The highest BCUT2D eigenvalue weighted by Gasteiger charge is 2.52. The van der Waals surface area contributed by atoms with E-state index in [9.17, 15) is 4.79 Å². The van der Waals surface area contributed by atoms with Crippen molar-refractivity contribution in [3.05, 3.63) is 89.6 Å². The van der Waals surface area contributed by atoms with Gasteiger partial charge in [0.2, 0.25) is 0 Å². The molecule has 2 aromatic carbocycles. The minimum Gasteiger partial charge on any atom is -0.489 e. The Morgan fingerprint density at radius 2 is 1.70 bits per heavy atom. The molecule has 4 aliphatic carbocycles. The standard InChI is InChI=1S/C33H35NO3/c1-2-36-32(35)13-9-23-8-11-30(34-21-23)28-10-12-31(37-22-24-6-4-3-5-7-24)29(17-28)33-18-25-14-26(19-33)16-27(15-25)20-33/h3-13,17,21,25-27H,2,14-16,18-20,22H2,1H3. The van der Waals surface area contributed by atoms with Crippen LogP contribution in [-0.2, 0) is 21.6 Å². The zero-order valence-corrected chi connectivity index (χ0v) is 21.6. The van der Waals surface area contributed by atoms with E-state index >= 15 is 0 Å². The molecule has 4 bridgehead atoms. The quantitative estimate of drug-likeness (QED) is 0.243. The van der Waals surface area contributed by atoms with Crippen molar-refractivity contribution in [2.24, 2.45) is 17.8 Å². The maximum atomic E-state index is 11.6. The van der Waals surface area contributed by atoms with Crippen molar-refractivity contribution >= 4 is 12.0 Å². The Labute approximate surface area is 219 Å². The zero-order chi connectivity index (χ0) is 25.2. The Kier molecular flexibility index (Phi) is 6.58. The summed E-state index contributed by atoms with van der Waals surface area (Å²) in [5.41, 5.74) is 5.73. The number of nitrogens with zero attached hydrogens (tertiary/aromatic N) is 1. The maximum Gasteiger partial charge on any atom is 0.330 e. The van der Waals surface area contributed by atoms with Crippen LogP contribution in [-0.4, -0.2) is 17.6 Å². The minimum absolute atomic E-state index is 0.221. The van der Waals surface area contributed by atoms with Gasteiger partial charge in [-0.05, 0) is 110 Å². The Morgan fingerprint density at radius 1 is 0.973 bits per heavy atom. The number of carbonyl (C=O) groups is 1. The molecule has 4 fully saturated rings. The van der Waals surface area contributed by atoms with Gasteiger partial charge >= 0.3 is 5.97 Å². The Bertz CT molecular complexity index is 1240. The number of carbonyl (C=O) groups excluding carboxylic acids is 1. The summed E-state index contributed by atoms with van der Waals surface area (Å²) in [5.74, 6) is 3.28. The van der Waals surface area contributed by atoms with Gasteiger partial charge in [-0.15, -0.1) is 0 Å². The van der Waals surface area contributed by atoms with E-state index < -0.39 is 0 Å². The Hall–Kier alpha value is -3.40. The number of benzene rings is 2. The first kappa shape index (κ1) is 24.0. The van der Waals surface area contributed by atoms with E-state index in [4.69, 9.17) is 14.5 Å². The van der Waals surface area contributed by atoms with Gasteiger partial charge in [0.05, 0.1) is 12.3 Å². The summed E-state index contributed by atoms with van der Waals surface area (Å²) in [6, 6.07) is 21.1. The van der Waals surface area contributed by atoms with Gasteiger partial charge in [-0.25, -0.2) is 4.79 Å². The molecule has 4 heteroatoms. The lowest BCUT2D eigenvalue weighted by atomic mass is 9.48. The van der Waals surface area contributed by atoms with Gasteiger partial charge in [0.1, 0.15) is 12.4 Å². The number of hydrogen-bond acceptors (Lipinski definition) is 4. The molecule has 4 aliphatic rings. The number of pyridine rings is 1. The van der Waals surface area contributed by atoms with E-state index in [0.717, 1.165) is 40.3 Å². The van der Waals surface area contributed by atoms with Crippen LogP contribution in [0.3, 0.4) is 0 Å². The summed E-state index contributed by atoms with van der Waals surface area (Å²) in [6.45, 7) is 2.76. The molecule has 1 aromatic heterocycles. The van der Waals surface area contributed by atoms with Crippen molar-refractivity contribution in [1.29, 1.82) is 0 Å². The molecule has 0 N–H and O–H groups in total. The average Bonchev–Trinajstić information content (AvgIpc) is 2.91. The lowest BCUT2D eigenvalue weighted by molar-refractivity contribution is -0.137. The van der Waals surface area contributed by atoms with Crippen LogP contribution in [0.25, 0.3) is 17.3 Å². The summed E-state index contributed by atoms with van der Waals surface area (Å²) in [4.78, 5) is 16.4. The molecule has 0 saturated heterocycles. The molecule has 0 spiro atoms. The summed E-state index contributed by atoms with van der Waals surface area (Å²) in [5, 5.41) is 0. The van der Waals surface area contributed by atoms with Crippen LogP contribution in [0.4, 0.5) is 0 Å². The van der Waals surface area contributed by atoms with Crippen LogP contribution in [0, 0.1) is 17.8 Å². The lowest BCUT2D eigenvalue weighted by Gasteiger charge is -2.57. The fourth-order valence-corrected chi connectivity index (χ4v) is 7.43. The third-order valence-corrected chi connectivity index (χ3v) is 8.61. The van der Waals surface area contributed by atoms with Crippen molar-refractivity contribution in [3.8, 4) is 17.0 Å². The Morgan fingerprint density at radius 3 is 2.35 bits per heavy atom. The van der Waals surface area contributed by atoms with Gasteiger partial charge in [0, 0.05) is 23.4 Å². The first-order chi connectivity index (χ1) is 18.1. The number of ether oxygens (including phenoxy) is 2. The van der Waals surface area contributed by atoms with Crippen molar-refractivity contribution in [3.63, 3.8) is 0 Å². The van der Waals surface area contributed by atoms with Gasteiger partial charge < -0.3 is 9.47 Å². The summed E-state index contributed by atoms with van der Waals surface area (Å²) in [7, 11) is 0. The number of esters is 1. The van der Waals surface area contributed by atoms with Gasteiger partial charge in [0.25, 0.3) is 0 Å². The molecule has 1 heterocycles. The molecule has 0 radical (unpaired) electrons. The van der Waals surface area contributed by atoms with E-state index in [1.807, 2.05) is 24.4 Å². The molecule has 4 nitrogen and oxygen atoms in total. The molecule has 0 aliphatic heterocycles. The zero-order valence-electron chi connectivity index (χ0n) is 21.6. The third kappa shape index (κ3) is 5.07. The first-order valence-electron chi connectivity index (χ1n) is 13.7. The second-order valence-electron chi connectivity index (χ2n) is 11.2. The normalized spacial score (nSPS) is 25.9. The number of hydrogen-bond donors (Lipinski definition) is 0. The van der Waals surface area contributed by atoms with Gasteiger partial charge in [-0.3, -0.25) is 4.98 Å². The largest absolute Gasteiger partial charge is 0.489 e. The SMILES string of the molecule is CCOC(=O)C=Cc1ccc(-c2ccc(OCc3ccccc3)c(C34CC5CC(CC(C5)C3)C4)c2)nc1. The molecule has 37 heavy (non-hydrogen) atoms. The topological polar surface area (TPSA) is 48.4 Å². The Balaban J connectivity index is 1.31. The summed E-state index contributed by atoms with van der Waals surface area (Å²) < 4.78 is 11.5. The van der Waals surface area contributed by atoms with Crippen molar-refractivity contribution in [1.82, 2.24) is 4.98 Å². The second-order valence-corrected chi connectivity index (χ2v) is 11.2. The van der Waals surface area contributed by atoms with E-state index in [2.05, 4.69) is 42.5 Å². The predicted molar refractivity (Wildman–Crippen MR) is 146 cm³/mol. The fourth-order valence-electron chi connectivity index (χ4n) is 7.43. The molecule has 0 unspecified atom stereocenters. The molecule has 0 amide bonds. The summed E-state index contributed by atoms with van der Waals surface area (Å²) >= 11 is 0. The molecule has 7 rings (SSSR count). The highest BCUT2D eigenvalue weighted by molar-refractivity contribution is 5.87. The molecule has 3 aromatic rings. The highest BCUT2D eigenvalue weighted by atomic mass is 16.5. The van der Waals surface area contributed by atoms with Crippen molar-refractivity contribution < 1.29 is 14.3 Å². The van der Waals surface area contributed by atoms with E-state index in [1.165, 1.54) is 55.7 Å². The summed E-state index contributed by atoms with van der Waals surface area (Å²) in [6.07, 6.45) is 13.1. The van der Waals surface area contributed by atoms with Gasteiger partial charge in [-0.1, -0.05) is 36.4 Å². The number of aromatic nitrogens is 1. The van der Waals surface area contributed by atoms with E-state index in [-0.39, 0.29) is 11.4 Å². The van der Waals surface area contributed by atoms with Gasteiger partial charge in [-0.2, -0.15) is 0 Å².